The van der Waals surface area contributed by atoms with Crippen LogP contribution in [-0.4, -0.2) is 53.7 Å². The maximum Gasteiger partial charge on any atom is 0.569 e. The maximum atomic E-state index is 12.0. The highest BCUT2D eigenvalue weighted by molar-refractivity contribution is 6.17. The molecule has 0 saturated carbocycles. The Morgan fingerprint density at radius 2 is 2.14 bits per heavy atom. The van der Waals surface area contributed by atoms with E-state index in [0.717, 1.165) is 31.7 Å². The highest BCUT2D eigenvalue weighted by atomic mass is 16.5. The summed E-state index contributed by atoms with van der Waals surface area (Å²) >= 11 is 0. The van der Waals surface area contributed by atoms with Crippen molar-refractivity contribution in [3.05, 3.63) is 18.3 Å². The lowest BCUT2D eigenvalue weighted by atomic mass is 10.1. The smallest absolute Gasteiger partial charge is 0.536 e. The number of rotatable bonds is 4. The summed E-state index contributed by atoms with van der Waals surface area (Å²) in [5, 5.41) is 8.60. The van der Waals surface area contributed by atoms with Crippen LogP contribution in [-0.2, 0) is 4.79 Å². The molecule has 7 heteroatoms. The van der Waals surface area contributed by atoms with Crippen molar-refractivity contribution < 1.29 is 14.5 Å². The highest BCUT2D eigenvalue weighted by Crippen LogP contribution is 2.32. The zero-order valence-electron chi connectivity index (χ0n) is 12.1. The molecule has 2 fully saturated rings. The monoisotopic (exact) mass is 288 g/mol. The van der Waals surface area contributed by atoms with Crippen molar-refractivity contribution in [1.29, 1.82) is 0 Å². The number of carbonyl (C=O) groups is 1. The Balaban J connectivity index is 1.71. The molecule has 111 valence electrons. The molecule has 0 spiro atoms. The summed E-state index contributed by atoms with van der Waals surface area (Å²) in [5.74, 6) is 1.65. The summed E-state index contributed by atoms with van der Waals surface area (Å²) in [6, 6.07) is 4.27. The summed E-state index contributed by atoms with van der Waals surface area (Å²) in [6.07, 6.45) is 4.32. The van der Waals surface area contributed by atoms with Crippen molar-refractivity contribution in [2.75, 3.05) is 18.0 Å². The summed E-state index contributed by atoms with van der Waals surface area (Å²) in [6.45, 7) is 3.59. The molecule has 2 saturated heterocycles. The lowest BCUT2D eigenvalue weighted by molar-refractivity contribution is -0.134. The third-order valence-electron chi connectivity index (χ3n) is 4.31. The molecule has 2 aliphatic heterocycles. The van der Waals surface area contributed by atoms with Crippen molar-refractivity contribution in [2.24, 2.45) is 0 Å². The predicted octanol–water partition coefficient (Wildman–Crippen LogP) is 0.577. The minimum Gasteiger partial charge on any atom is -0.536 e. The Morgan fingerprint density at radius 3 is 2.67 bits per heavy atom. The molecule has 2 bridgehead atoms. The quantitative estimate of drug-likeness (QED) is 0.821. The Bertz CT molecular complexity index is 497. The molecule has 2 atom stereocenters. The second kappa shape index (κ2) is 5.93. The first kappa shape index (κ1) is 14.2. The lowest BCUT2D eigenvalue weighted by Gasteiger charge is -2.41. The van der Waals surface area contributed by atoms with Gasteiger partial charge in [0, 0.05) is 31.6 Å². The average Bonchev–Trinajstić information content (AvgIpc) is 2.77. The molecule has 1 aromatic rings. The van der Waals surface area contributed by atoms with E-state index in [1.807, 2.05) is 13.0 Å². The summed E-state index contributed by atoms with van der Waals surface area (Å²) in [4.78, 5) is 20.7. The zero-order chi connectivity index (χ0) is 14.8. The van der Waals surface area contributed by atoms with E-state index in [9.17, 15) is 4.79 Å². The van der Waals surface area contributed by atoms with Gasteiger partial charge in [0.2, 0.25) is 5.91 Å². The van der Waals surface area contributed by atoms with Gasteiger partial charge in [0.1, 0.15) is 11.6 Å². The SMILES string of the molecule is CCC(=O)N1[C@@H]2CC[C@H]1CN(c1ccc(O[B]O)cn1)C2. The van der Waals surface area contributed by atoms with Crippen molar-refractivity contribution >= 4 is 19.4 Å². The summed E-state index contributed by atoms with van der Waals surface area (Å²) < 4.78 is 4.86. The number of hydrogen-bond donors (Lipinski definition) is 1. The minimum atomic E-state index is 0.261. The van der Waals surface area contributed by atoms with Gasteiger partial charge in [-0.15, -0.1) is 0 Å². The number of hydrogen-bond acceptors (Lipinski definition) is 5. The fourth-order valence-electron chi connectivity index (χ4n) is 3.37. The van der Waals surface area contributed by atoms with Crippen LogP contribution >= 0.6 is 0 Å². The Kier molecular flexibility index (Phi) is 4.01. The van der Waals surface area contributed by atoms with E-state index in [2.05, 4.69) is 14.8 Å². The van der Waals surface area contributed by atoms with Crippen LogP contribution in [0.5, 0.6) is 5.75 Å². The van der Waals surface area contributed by atoms with E-state index in [-0.39, 0.29) is 5.91 Å². The molecular weight excluding hydrogens is 269 g/mol. The van der Waals surface area contributed by atoms with Crippen LogP contribution in [0.4, 0.5) is 5.82 Å². The van der Waals surface area contributed by atoms with Gasteiger partial charge in [0.25, 0.3) is 0 Å². The predicted molar refractivity (Wildman–Crippen MR) is 79.0 cm³/mol. The fraction of sp³-hybridized carbons (Fsp3) is 0.571. The fourth-order valence-corrected chi connectivity index (χ4v) is 3.37. The molecular formula is C14H19BN3O3. The van der Waals surface area contributed by atoms with Crippen LogP contribution in [0.1, 0.15) is 26.2 Å². The number of carbonyl (C=O) groups excluding carboxylic acids is 1. The number of aromatic nitrogens is 1. The third-order valence-corrected chi connectivity index (χ3v) is 4.31. The zero-order valence-corrected chi connectivity index (χ0v) is 12.1. The molecule has 6 nitrogen and oxygen atoms in total. The van der Waals surface area contributed by atoms with Gasteiger partial charge in [-0.2, -0.15) is 0 Å². The summed E-state index contributed by atoms with van der Waals surface area (Å²) in [7, 11) is 0.645. The second-order valence-electron chi connectivity index (χ2n) is 5.52. The van der Waals surface area contributed by atoms with E-state index in [0.29, 0.717) is 31.9 Å². The van der Waals surface area contributed by atoms with Gasteiger partial charge < -0.3 is 19.5 Å². The summed E-state index contributed by atoms with van der Waals surface area (Å²) in [5.41, 5.74) is 0. The number of piperazine rings is 1. The van der Waals surface area contributed by atoms with Crippen LogP contribution in [0, 0.1) is 0 Å². The standard InChI is InChI=1S/C14H19BN3O3/c1-2-14(19)18-10-3-4-11(18)9-17(8-10)13-6-5-12(7-16-13)21-15-20/h5-7,10-11,20H,2-4,8-9H2,1H3/t10-,11+. The van der Waals surface area contributed by atoms with Gasteiger partial charge in [0.15, 0.2) is 0 Å². The number of amides is 1. The number of fused-ring (bicyclic) bond motifs is 2. The van der Waals surface area contributed by atoms with E-state index >= 15 is 0 Å². The molecule has 0 unspecified atom stereocenters. The second-order valence-corrected chi connectivity index (χ2v) is 5.52. The Hall–Kier alpha value is -1.76. The molecule has 1 N–H and O–H groups in total. The number of nitrogens with zero attached hydrogens (tertiary/aromatic N) is 3. The first-order chi connectivity index (χ1) is 10.2. The van der Waals surface area contributed by atoms with Crippen LogP contribution < -0.4 is 9.55 Å². The molecule has 3 heterocycles. The molecule has 0 aromatic carbocycles. The van der Waals surface area contributed by atoms with E-state index in [1.54, 1.807) is 12.3 Å². The molecule has 3 rings (SSSR count). The van der Waals surface area contributed by atoms with Gasteiger partial charge in [-0.1, -0.05) is 6.92 Å². The molecule has 1 aromatic heterocycles. The maximum absolute atomic E-state index is 12.0. The van der Waals surface area contributed by atoms with Gasteiger partial charge in [0.05, 0.1) is 6.20 Å². The Labute approximate surface area is 125 Å². The lowest BCUT2D eigenvalue weighted by Crippen LogP contribution is -2.56. The highest BCUT2D eigenvalue weighted by Gasteiger charge is 2.42. The number of pyridine rings is 1. The van der Waals surface area contributed by atoms with Crippen LogP contribution in [0.2, 0.25) is 0 Å². The normalized spacial score (nSPS) is 24.1. The van der Waals surface area contributed by atoms with E-state index in [4.69, 9.17) is 9.68 Å². The van der Waals surface area contributed by atoms with Crippen molar-refractivity contribution in [3.63, 3.8) is 0 Å². The van der Waals surface area contributed by atoms with Crippen molar-refractivity contribution in [3.8, 4) is 5.75 Å². The molecule has 1 radical (unpaired) electrons. The minimum absolute atomic E-state index is 0.261. The molecule has 0 aliphatic carbocycles. The molecule has 21 heavy (non-hydrogen) atoms. The van der Waals surface area contributed by atoms with Crippen LogP contribution in [0.15, 0.2) is 18.3 Å². The van der Waals surface area contributed by atoms with Crippen LogP contribution in [0.25, 0.3) is 0 Å². The first-order valence-corrected chi connectivity index (χ1v) is 7.37. The largest absolute Gasteiger partial charge is 0.569 e. The van der Waals surface area contributed by atoms with E-state index < -0.39 is 0 Å². The third kappa shape index (κ3) is 2.70. The van der Waals surface area contributed by atoms with Crippen molar-refractivity contribution in [1.82, 2.24) is 9.88 Å². The van der Waals surface area contributed by atoms with Gasteiger partial charge in [-0.25, -0.2) is 4.98 Å². The van der Waals surface area contributed by atoms with Gasteiger partial charge in [-0.05, 0) is 25.0 Å². The topological polar surface area (TPSA) is 65.9 Å². The molecule has 2 aliphatic rings. The average molecular weight is 288 g/mol. The Morgan fingerprint density at radius 1 is 1.43 bits per heavy atom. The molecule has 1 amide bonds. The first-order valence-electron chi connectivity index (χ1n) is 7.37. The van der Waals surface area contributed by atoms with Crippen LogP contribution in [0.3, 0.4) is 0 Å². The van der Waals surface area contributed by atoms with Gasteiger partial charge >= 0.3 is 7.69 Å². The number of anilines is 1. The van der Waals surface area contributed by atoms with Gasteiger partial charge in [-0.3, -0.25) is 4.79 Å². The van der Waals surface area contributed by atoms with Crippen molar-refractivity contribution in [2.45, 2.75) is 38.3 Å². The van der Waals surface area contributed by atoms with E-state index in [1.165, 1.54) is 0 Å².